The van der Waals surface area contributed by atoms with Crippen LogP contribution in [-0.4, -0.2) is 19.5 Å². The number of para-hydroxylation sites is 1. The molecule has 3 aromatic rings. The number of aldehydes is 1. The quantitative estimate of drug-likeness (QED) is 0.484. The van der Waals surface area contributed by atoms with Gasteiger partial charge in [-0.25, -0.2) is 0 Å². The summed E-state index contributed by atoms with van der Waals surface area (Å²) in [5, 5.41) is 0. The van der Waals surface area contributed by atoms with Gasteiger partial charge in [0.2, 0.25) is 0 Å². The molecule has 116 valence electrons. The molecule has 0 aliphatic carbocycles. The molecule has 0 unspecified atom stereocenters. The first-order chi connectivity index (χ1) is 11.3. The maximum atomic E-state index is 10.6. The molecule has 0 saturated heterocycles. The molecule has 0 atom stereocenters. The summed E-state index contributed by atoms with van der Waals surface area (Å²) in [7, 11) is 0. The lowest BCUT2D eigenvalue weighted by Crippen LogP contribution is -2.08. The van der Waals surface area contributed by atoms with Gasteiger partial charge in [-0.2, -0.15) is 0 Å². The molecule has 0 spiro atoms. The Kier molecular flexibility index (Phi) is 4.74. The molecule has 0 aliphatic heterocycles. The van der Waals surface area contributed by atoms with E-state index < -0.39 is 0 Å². The molecule has 0 aliphatic rings. The van der Waals surface area contributed by atoms with Crippen molar-refractivity contribution >= 4 is 6.29 Å². The highest BCUT2D eigenvalue weighted by Gasteiger charge is 2.04. The summed E-state index contributed by atoms with van der Waals surface area (Å²) in [6.07, 6.45) is 0.688. The van der Waals surface area contributed by atoms with Crippen molar-refractivity contribution in [2.75, 3.05) is 13.2 Å². The lowest BCUT2D eigenvalue weighted by molar-refractivity contribution is 0.110. The molecule has 0 amide bonds. The number of ether oxygens (including phenoxy) is 2. The zero-order chi connectivity index (χ0) is 15.9. The zero-order valence-corrected chi connectivity index (χ0v) is 12.5. The van der Waals surface area contributed by atoms with E-state index in [9.17, 15) is 4.79 Å². The minimum absolute atomic E-state index is 0.318. The van der Waals surface area contributed by atoms with Crippen molar-refractivity contribution in [3.8, 4) is 22.8 Å². The lowest BCUT2D eigenvalue weighted by atomic mass is 10.2. The maximum Gasteiger partial charge on any atom is 0.185 e. The molecule has 4 heteroatoms. The third kappa shape index (κ3) is 4.01. The highest BCUT2D eigenvalue weighted by atomic mass is 16.5. The third-order valence-electron chi connectivity index (χ3n) is 3.25. The van der Waals surface area contributed by atoms with Gasteiger partial charge in [-0.3, -0.25) is 4.79 Å². The Labute approximate surface area is 134 Å². The minimum atomic E-state index is 0.318. The van der Waals surface area contributed by atoms with Crippen LogP contribution in [0.25, 0.3) is 11.3 Å². The smallest absolute Gasteiger partial charge is 0.185 e. The number of carbonyl (C=O) groups excluding carboxylic acids is 1. The fourth-order valence-corrected chi connectivity index (χ4v) is 2.12. The minimum Gasteiger partial charge on any atom is -0.490 e. The molecule has 2 aromatic carbocycles. The van der Waals surface area contributed by atoms with Gasteiger partial charge in [0, 0.05) is 5.56 Å². The number of furan rings is 1. The molecular weight excluding hydrogens is 292 g/mol. The van der Waals surface area contributed by atoms with Gasteiger partial charge < -0.3 is 13.9 Å². The van der Waals surface area contributed by atoms with Crippen LogP contribution in [0.5, 0.6) is 11.5 Å². The first-order valence-electron chi connectivity index (χ1n) is 7.31. The van der Waals surface area contributed by atoms with Crippen LogP contribution in [0.2, 0.25) is 0 Å². The summed E-state index contributed by atoms with van der Waals surface area (Å²) < 4.78 is 16.6. The fourth-order valence-electron chi connectivity index (χ4n) is 2.12. The van der Waals surface area contributed by atoms with Crippen molar-refractivity contribution in [1.29, 1.82) is 0 Å². The van der Waals surface area contributed by atoms with Crippen molar-refractivity contribution in [2.24, 2.45) is 0 Å². The van der Waals surface area contributed by atoms with E-state index in [0.717, 1.165) is 17.1 Å². The van der Waals surface area contributed by atoms with Gasteiger partial charge in [0.15, 0.2) is 12.0 Å². The summed E-state index contributed by atoms with van der Waals surface area (Å²) in [5.74, 6) is 2.56. The molecule has 0 radical (unpaired) electrons. The van der Waals surface area contributed by atoms with Crippen molar-refractivity contribution in [1.82, 2.24) is 0 Å². The molecular formula is C19H16O4. The second kappa shape index (κ2) is 7.31. The molecule has 0 N–H and O–H groups in total. The van der Waals surface area contributed by atoms with E-state index in [4.69, 9.17) is 13.9 Å². The Morgan fingerprint density at radius 3 is 2.04 bits per heavy atom. The second-order valence-electron chi connectivity index (χ2n) is 4.85. The average molecular weight is 308 g/mol. The van der Waals surface area contributed by atoms with Crippen LogP contribution in [0.3, 0.4) is 0 Å². The number of hydrogen-bond acceptors (Lipinski definition) is 4. The van der Waals surface area contributed by atoms with Gasteiger partial charge in [-0.15, -0.1) is 0 Å². The van der Waals surface area contributed by atoms with Gasteiger partial charge in [-0.05, 0) is 48.5 Å². The number of carbonyl (C=O) groups is 1. The predicted octanol–water partition coefficient (Wildman–Crippen LogP) is 4.22. The van der Waals surface area contributed by atoms with Gasteiger partial charge in [0.1, 0.15) is 30.5 Å². The zero-order valence-electron chi connectivity index (χ0n) is 12.5. The summed E-state index contributed by atoms with van der Waals surface area (Å²) in [5.41, 5.74) is 0.894. The number of hydrogen-bond donors (Lipinski definition) is 0. The maximum absolute atomic E-state index is 10.6. The molecule has 0 fully saturated rings. The first kappa shape index (κ1) is 14.9. The van der Waals surface area contributed by atoms with Crippen LogP contribution in [0.15, 0.2) is 71.1 Å². The monoisotopic (exact) mass is 308 g/mol. The van der Waals surface area contributed by atoms with E-state index in [2.05, 4.69) is 0 Å². The van der Waals surface area contributed by atoms with Crippen molar-refractivity contribution in [3.63, 3.8) is 0 Å². The highest BCUT2D eigenvalue weighted by Crippen LogP contribution is 2.24. The average Bonchev–Trinajstić information content (AvgIpc) is 3.09. The standard InChI is InChI=1S/C19H16O4/c20-14-18-10-11-19(23-18)15-6-8-17(9-7-15)22-13-12-21-16-4-2-1-3-5-16/h1-11,14H,12-13H2. The Morgan fingerprint density at radius 1 is 0.783 bits per heavy atom. The van der Waals surface area contributed by atoms with E-state index in [-0.39, 0.29) is 0 Å². The van der Waals surface area contributed by atoms with E-state index in [1.165, 1.54) is 0 Å². The molecule has 1 heterocycles. The van der Waals surface area contributed by atoms with Gasteiger partial charge in [0.05, 0.1) is 0 Å². The third-order valence-corrected chi connectivity index (χ3v) is 3.25. The molecule has 3 rings (SSSR count). The van der Waals surface area contributed by atoms with E-state index in [1.54, 1.807) is 12.1 Å². The number of benzene rings is 2. The summed E-state index contributed by atoms with van der Waals surface area (Å²) in [6.45, 7) is 0.941. The van der Waals surface area contributed by atoms with E-state index >= 15 is 0 Å². The van der Waals surface area contributed by atoms with Crippen molar-refractivity contribution < 1.29 is 18.7 Å². The lowest BCUT2D eigenvalue weighted by Gasteiger charge is -2.08. The van der Waals surface area contributed by atoms with Gasteiger partial charge in [0.25, 0.3) is 0 Å². The fraction of sp³-hybridized carbons (Fsp3) is 0.105. The highest BCUT2D eigenvalue weighted by molar-refractivity contribution is 5.72. The Morgan fingerprint density at radius 2 is 1.43 bits per heavy atom. The summed E-state index contributed by atoms with van der Waals surface area (Å²) >= 11 is 0. The summed E-state index contributed by atoms with van der Waals surface area (Å²) in [6, 6.07) is 20.5. The summed E-state index contributed by atoms with van der Waals surface area (Å²) in [4.78, 5) is 10.6. The molecule has 0 saturated carbocycles. The normalized spacial score (nSPS) is 10.3. The Balaban J connectivity index is 1.50. The topological polar surface area (TPSA) is 48.7 Å². The first-order valence-corrected chi connectivity index (χ1v) is 7.31. The van der Waals surface area contributed by atoms with Crippen LogP contribution in [0.4, 0.5) is 0 Å². The SMILES string of the molecule is O=Cc1ccc(-c2ccc(OCCOc3ccccc3)cc2)o1. The molecule has 4 nitrogen and oxygen atoms in total. The van der Waals surface area contributed by atoms with Gasteiger partial charge >= 0.3 is 0 Å². The van der Waals surface area contributed by atoms with Crippen molar-refractivity contribution in [2.45, 2.75) is 0 Å². The second-order valence-corrected chi connectivity index (χ2v) is 4.85. The van der Waals surface area contributed by atoms with E-state index in [1.807, 2.05) is 54.6 Å². The van der Waals surface area contributed by atoms with Crippen LogP contribution < -0.4 is 9.47 Å². The van der Waals surface area contributed by atoms with Crippen molar-refractivity contribution in [3.05, 3.63) is 72.5 Å². The molecule has 1 aromatic heterocycles. The van der Waals surface area contributed by atoms with Crippen LogP contribution in [-0.2, 0) is 0 Å². The Bertz CT molecular complexity index is 745. The molecule has 23 heavy (non-hydrogen) atoms. The largest absolute Gasteiger partial charge is 0.490 e. The van der Waals surface area contributed by atoms with Gasteiger partial charge in [-0.1, -0.05) is 18.2 Å². The van der Waals surface area contributed by atoms with Crippen LogP contribution in [0.1, 0.15) is 10.6 Å². The Hall–Kier alpha value is -3.01. The van der Waals surface area contributed by atoms with E-state index in [0.29, 0.717) is 31.0 Å². The number of rotatable bonds is 7. The van der Waals surface area contributed by atoms with Crippen LogP contribution >= 0.6 is 0 Å². The molecule has 0 bridgehead atoms. The predicted molar refractivity (Wildman–Crippen MR) is 87.0 cm³/mol. The van der Waals surface area contributed by atoms with Crippen LogP contribution in [0, 0.1) is 0 Å².